The van der Waals surface area contributed by atoms with E-state index in [1.165, 1.54) is 5.56 Å². The first-order valence-electron chi connectivity index (χ1n) is 7.30. The van der Waals surface area contributed by atoms with Gasteiger partial charge in [0.25, 0.3) is 0 Å². The van der Waals surface area contributed by atoms with Gasteiger partial charge in [-0.1, -0.05) is 67.4 Å². The lowest BCUT2D eigenvalue weighted by molar-refractivity contribution is -0.116. The van der Waals surface area contributed by atoms with E-state index in [2.05, 4.69) is 43.4 Å². The molecule has 116 valence electrons. The molecule has 1 N–H and O–H groups in total. The summed E-state index contributed by atoms with van der Waals surface area (Å²) in [5.41, 5.74) is 3.00. The lowest BCUT2D eigenvalue weighted by Gasteiger charge is -2.09. The van der Waals surface area contributed by atoms with E-state index < -0.39 is 0 Å². The van der Waals surface area contributed by atoms with Crippen molar-refractivity contribution in [1.29, 1.82) is 0 Å². The van der Waals surface area contributed by atoms with Gasteiger partial charge in [-0.15, -0.1) is 0 Å². The van der Waals surface area contributed by atoms with E-state index in [4.69, 9.17) is 23.2 Å². The molecule has 0 aliphatic heterocycles. The van der Waals surface area contributed by atoms with Crippen LogP contribution in [0.5, 0.6) is 0 Å². The molecule has 0 saturated heterocycles. The van der Waals surface area contributed by atoms with Gasteiger partial charge in [0.05, 0.1) is 15.7 Å². The predicted molar refractivity (Wildman–Crippen MR) is 93.9 cm³/mol. The molecule has 0 heterocycles. The molecule has 2 rings (SSSR count). The van der Waals surface area contributed by atoms with Crippen molar-refractivity contribution in [1.82, 2.24) is 0 Å². The molecule has 0 radical (unpaired) electrons. The molecule has 0 aromatic heterocycles. The number of hydrogen-bond donors (Lipinski definition) is 1. The summed E-state index contributed by atoms with van der Waals surface area (Å²) in [6.45, 7) is 4.33. The van der Waals surface area contributed by atoms with Gasteiger partial charge in [0.15, 0.2) is 0 Å². The smallest absolute Gasteiger partial charge is 0.224 e. The Morgan fingerprint density at radius 1 is 1.09 bits per heavy atom. The van der Waals surface area contributed by atoms with Crippen LogP contribution in [-0.2, 0) is 11.2 Å². The number of nitrogens with one attached hydrogen (secondary N) is 1. The Bertz CT molecular complexity index is 651. The number of carbonyl (C=O) groups excluding carboxylic acids is 1. The monoisotopic (exact) mass is 335 g/mol. The average Bonchev–Trinajstić information content (AvgIpc) is 2.50. The van der Waals surface area contributed by atoms with Crippen molar-refractivity contribution in [3.63, 3.8) is 0 Å². The van der Waals surface area contributed by atoms with Gasteiger partial charge in [0.2, 0.25) is 5.91 Å². The van der Waals surface area contributed by atoms with Crippen LogP contribution < -0.4 is 5.32 Å². The Labute approximate surface area is 141 Å². The van der Waals surface area contributed by atoms with Gasteiger partial charge >= 0.3 is 0 Å². The largest absolute Gasteiger partial charge is 0.325 e. The number of halogens is 2. The lowest BCUT2D eigenvalue weighted by Crippen LogP contribution is -2.12. The second-order valence-corrected chi connectivity index (χ2v) is 6.33. The maximum atomic E-state index is 12.0. The molecule has 0 aliphatic carbocycles. The Balaban J connectivity index is 1.91. The van der Waals surface area contributed by atoms with Crippen molar-refractivity contribution in [3.8, 4) is 0 Å². The maximum absolute atomic E-state index is 12.0. The number of aryl methyl sites for hydroxylation is 1. The van der Waals surface area contributed by atoms with Crippen LogP contribution in [0, 0.1) is 0 Å². The third-order valence-corrected chi connectivity index (χ3v) is 4.33. The summed E-state index contributed by atoms with van der Waals surface area (Å²) in [5.74, 6) is 0.444. The SMILES string of the molecule is CC(C)c1ccc(CCC(=O)Nc2cccc(Cl)c2Cl)cc1. The Morgan fingerprint density at radius 2 is 1.77 bits per heavy atom. The second kappa shape index (κ2) is 7.66. The third kappa shape index (κ3) is 4.49. The highest BCUT2D eigenvalue weighted by atomic mass is 35.5. The highest BCUT2D eigenvalue weighted by Gasteiger charge is 2.08. The van der Waals surface area contributed by atoms with E-state index in [0.717, 1.165) is 5.56 Å². The fourth-order valence-electron chi connectivity index (χ4n) is 2.14. The summed E-state index contributed by atoms with van der Waals surface area (Å²) >= 11 is 12.0. The van der Waals surface area contributed by atoms with E-state index in [1.807, 2.05) is 0 Å². The Hall–Kier alpha value is -1.51. The molecule has 4 heteroatoms. The number of carbonyl (C=O) groups is 1. The van der Waals surface area contributed by atoms with E-state index >= 15 is 0 Å². The van der Waals surface area contributed by atoms with Crippen LogP contribution in [0.3, 0.4) is 0 Å². The molecule has 1 amide bonds. The Morgan fingerprint density at radius 3 is 2.41 bits per heavy atom. The first-order chi connectivity index (χ1) is 10.5. The van der Waals surface area contributed by atoms with E-state index in [9.17, 15) is 4.79 Å². The first kappa shape index (κ1) is 16.9. The second-order valence-electron chi connectivity index (χ2n) is 5.55. The van der Waals surface area contributed by atoms with Crippen molar-refractivity contribution in [2.24, 2.45) is 0 Å². The summed E-state index contributed by atoms with van der Waals surface area (Å²) in [5, 5.41) is 3.60. The van der Waals surface area contributed by atoms with Crippen molar-refractivity contribution in [2.75, 3.05) is 5.32 Å². The van der Waals surface area contributed by atoms with Gasteiger partial charge in [-0.2, -0.15) is 0 Å². The van der Waals surface area contributed by atoms with Crippen LogP contribution in [0.2, 0.25) is 10.0 Å². The van der Waals surface area contributed by atoms with Crippen molar-refractivity contribution in [2.45, 2.75) is 32.6 Å². The van der Waals surface area contributed by atoms with Crippen LogP contribution in [0.25, 0.3) is 0 Å². The normalized spacial score (nSPS) is 10.8. The van der Waals surface area contributed by atoms with Gasteiger partial charge in [-0.25, -0.2) is 0 Å². The average molecular weight is 336 g/mol. The standard InChI is InChI=1S/C18H19Cl2NO/c1-12(2)14-9-6-13(7-10-14)8-11-17(22)21-16-5-3-4-15(19)18(16)20/h3-7,9-10,12H,8,11H2,1-2H3,(H,21,22). The minimum atomic E-state index is -0.0721. The number of benzene rings is 2. The number of hydrogen-bond acceptors (Lipinski definition) is 1. The van der Waals surface area contributed by atoms with Crippen LogP contribution >= 0.6 is 23.2 Å². The zero-order valence-electron chi connectivity index (χ0n) is 12.7. The van der Waals surface area contributed by atoms with Crippen LogP contribution in [0.15, 0.2) is 42.5 Å². The zero-order valence-corrected chi connectivity index (χ0v) is 14.2. The number of anilines is 1. The van der Waals surface area contributed by atoms with Crippen molar-refractivity contribution in [3.05, 3.63) is 63.6 Å². The highest BCUT2D eigenvalue weighted by molar-refractivity contribution is 6.43. The fraction of sp³-hybridized carbons (Fsp3) is 0.278. The summed E-state index contributed by atoms with van der Waals surface area (Å²) in [6.07, 6.45) is 1.10. The summed E-state index contributed by atoms with van der Waals surface area (Å²) in [7, 11) is 0. The Kier molecular flexibility index (Phi) is 5.87. The predicted octanol–water partition coefficient (Wildman–Crippen LogP) is 5.69. The number of amides is 1. The minimum Gasteiger partial charge on any atom is -0.325 e. The molecule has 0 bridgehead atoms. The molecule has 2 nitrogen and oxygen atoms in total. The highest BCUT2D eigenvalue weighted by Crippen LogP contribution is 2.29. The topological polar surface area (TPSA) is 29.1 Å². The summed E-state index contributed by atoms with van der Waals surface area (Å²) in [6, 6.07) is 13.6. The first-order valence-corrected chi connectivity index (χ1v) is 8.05. The summed E-state index contributed by atoms with van der Waals surface area (Å²) in [4.78, 5) is 12.0. The third-order valence-electron chi connectivity index (χ3n) is 3.51. The molecule has 0 aliphatic rings. The molecule has 2 aromatic carbocycles. The molecule has 2 aromatic rings. The molecule has 0 unspecified atom stereocenters. The van der Waals surface area contributed by atoms with E-state index in [0.29, 0.717) is 34.5 Å². The fourth-order valence-corrected chi connectivity index (χ4v) is 2.49. The number of rotatable bonds is 5. The minimum absolute atomic E-state index is 0.0721. The van der Waals surface area contributed by atoms with Gasteiger partial charge in [-0.3, -0.25) is 4.79 Å². The molecule has 0 spiro atoms. The quantitative estimate of drug-likeness (QED) is 0.747. The molecule has 0 fully saturated rings. The summed E-state index contributed by atoms with van der Waals surface area (Å²) < 4.78 is 0. The maximum Gasteiger partial charge on any atom is 0.224 e. The van der Waals surface area contributed by atoms with Gasteiger partial charge < -0.3 is 5.32 Å². The van der Waals surface area contributed by atoms with Crippen LogP contribution in [0.1, 0.15) is 37.3 Å². The molecule has 0 saturated carbocycles. The van der Waals surface area contributed by atoms with Gasteiger partial charge in [-0.05, 0) is 35.6 Å². The zero-order chi connectivity index (χ0) is 16.1. The molecular weight excluding hydrogens is 317 g/mol. The lowest BCUT2D eigenvalue weighted by atomic mass is 10.0. The molecule has 22 heavy (non-hydrogen) atoms. The van der Waals surface area contributed by atoms with Crippen molar-refractivity contribution < 1.29 is 4.79 Å². The van der Waals surface area contributed by atoms with Gasteiger partial charge in [0.1, 0.15) is 0 Å². The van der Waals surface area contributed by atoms with Gasteiger partial charge in [0, 0.05) is 6.42 Å². The molecule has 0 atom stereocenters. The van der Waals surface area contributed by atoms with Crippen LogP contribution in [-0.4, -0.2) is 5.91 Å². The molecular formula is C18H19Cl2NO. The van der Waals surface area contributed by atoms with E-state index in [-0.39, 0.29) is 5.91 Å². The van der Waals surface area contributed by atoms with Crippen molar-refractivity contribution >= 4 is 34.8 Å². The van der Waals surface area contributed by atoms with E-state index in [1.54, 1.807) is 18.2 Å². The van der Waals surface area contributed by atoms with Crippen LogP contribution in [0.4, 0.5) is 5.69 Å².